The van der Waals surface area contributed by atoms with Crippen molar-refractivity contribution in [1.29, 1.82) is 0 Å². The van der Waals surface area contributed by atoms with E-state index in [1.807, 2.05) is 30.3 Å². The first-order valence-corrected chi connectivity index (χ1v) is 6.77. The van der Waals surface area contributed by atoms with Crippen LogP contribution in [0.5, 0.6) is 5.75 Å². The summed E-state index contributed by atoms with van der Waals surface area (Å²) in [6.45, 7) is 0. The third-order valence-electron chi connectivity index (χ3n) is 3.70. The van der Waals surface area contributed by atoms with Gasteiger partial charge in [0.1, 0.15) is 5.75 Å². The molecule has 0 bridgehead atoms. The van der Waals surface area contributed by atoms with Gasteiger partial charge in [0.2, 0.25) is 5.91 Å². The number of benzene rings is 1. The van der Waals surface area contributed by atoms with E-state index < -0.39 is 0 Å². The monoisotopic (exact) mass is 271 g/mol. The fourth-order valence-electron chi connectivity index (χ4n) is 2.29. The number of methoxy groups -OCH3 is 1. The Balaban J connectivity index is 1.77. The van der Waals surface area contributed by atoms with E-state index in [-0.39, 0.29) is 11.8 Å². The molecule has 104 valence electrons. The van der Waals surface area contributed by atoms with Gasteiger partial charge in [0.15, 0.2) is 5.82 Å². The van der Waals surface area contributed by atoms with E-state index in [0.717, 1.165) is 36.3 Å². The minimum absolute atomic E-state index is 0.0642. The molecule has 1 aliphatic rings. The zero-order valence-electron chi connectivity index (χ0n) is 11.3. The molecule has 0 unspecified atom stereocenters. The van der Waals surface area contributed by atoms with E-state index in [1.165, 1.54) is 0 Å². The van der Waals surface area contributed by atoms with Crippen LogP contribution in [0, 0.1) is 5.92 Å². The summed E-state index contributed by atoms with van der Waals surface area (Å²) >= 11 is 0. The van der Waals surface area contributed by atoms with Crippen molar-refractivity contribution < 1.29 is 9.53 Å². The fourth-order valence-corrected chi connectivity index (χ4v) is 2.29. The lowest BCUT2D eigenvalue weighted by atomic mass is 9.85. The smallest absolute Gasteiger partial charge is 0.228 e. The molecular weight excluding hydrogens is 254 g/mol. The van der Waals surface area contributed by atoms with Gasteiger partial charge in [-0.25, -0.2) is 0 Å². The van der Waals surface area contributed by atoms with E-state index in [9.17, 15) is 4.79 Å². The minimum atomic E-state index is 0.0642. The Labute approximate surface area is 117 Å². The van der Waals surface area contributed by atoms with Crippen LogP contribution < -0.4 is 10.1 Å². The van der Waals surface area contributed by atoms with Gasteiger partial charge in [0.25, 0.3) is 0 Å². The van der Waals surface area contributed by atoms with Gasteiger partial charge in [-0.15, -0.1) is 0 Å². The van der Waals surface area contributed by atoms with Gasteiger partial charge in [-0.05, 0) is 25.0 Å². The summed E-state index contributed by atoms with van der Waals surface area (Å²) < 4.78 is 5.32. The first-order valence-electron chi connectivity index (χ1n) is 6.77. The SMILES string of the molecule is COc1ccccc1-c1cc(NC(=O)C2CCC2)n[nH]1. The van der Waals surface area contributed by atoms with Crippen LogP contribution in [-0.2, 0) is 4.79 Å². The molecule has 0 radical (unpaired) electrons. The van der Waals surface area contributed by atoms with E-state index >= 15 is 0 Å². The number of aromatic nitrogens is 2. The highest BCUT2D eigenvalue weighted by molar-refractivity contribution is 5.92. The Morgan fingerprint density at radius 3 is 2.90 bits per heavy atom. The Morgan fingerprint density at radius 2 is 2.20 bits per heavy atom. The minimum Gasteiger partial charge on any atom is -0.496 e. The van der Waals surface area contributed by atoms with Crippen LogP contribution in [0.25, 0.3) is 11.3 Å². The van der Waals surface area contributed by atoms with Crippen LogP contribution in [0.3, 0.4) is 0 Å². The van der Waals surface area contributed by atoms with Crippen molar-refractivity contribution in [2.24, 2.45) is 5.92 Å². The molecule has 1 heterocycles. The lowest BCUT2D eigenvalue weighted by Gasteiger charge is -2.23. The van der Waals surface area contributed by atoms with Crippen molar-refractivity contribution >= 4 is 11.7 Å². The highest BCUT2D eigenvalue weighted by Crippen LogP contribution is 2.30. The van der Waals surface area contributed by atoms with Gasteiger partial charge in [-0.3, -0.25) is 9.89 Å². The molecule has 5 nitrogen and oxygen atoms in total. The summed E-state index contributed by atoms with van der Waals surface area (Å²) in [6.07, 6.45) is 3.11. The molecular formula is C15H17N3O2. The number of aromatic amines is 1. The maximum atomic E-state index is 11.9. The highest BCUT2D eigenvalue weighted by atomic mass is 16.5. The summed E-state index contributed by atoms with van der Waals surface area (Å²) in [6, 6.07) is 9.52. The standard InChI is InChI=1S/C15H17N3O2/c1-20-13-8-3-2-7-11(13)12-9-14(18-17-12)16-15(19)10-5-4-6-10/h2-3,7-10H,4-6H2,1H3,(H2,16,17,18,19). The molecule has 1 aromatic carbocycles. The predicted octanol–water partition coefficient (Wildman–Crippen LogP) is 2.82. The largest absolute Gasteiger partial charge is 0.496 e. The first kappa shape index (κ1) is 12.7. The maximum Gasteiger partial charge on any atom is 0.228 e. The summed E-state index contributed by atoms with van der Waals surface area (Å²) in [5.74, 6) is 1.55. The second-order valence-corrected chi connectivity index (χ2v) is 4.98. The summed E-state index contributed by atoms with van der Waals surface area (Å²) in [7, 11) is 1.63. The number of rotatable bonds is 4. The van der Waals surface area contributed by atoms with Crippen LogP contribution in [0.4, 0.5) is 5.82 Å². The van der Waals surface area contributed by atoms with Crippen LogP contribution in [-0.4, -0.2) is 23.2 Å². The van der Waals surface area contributed by atoms with Crippen molar-refractivity contribution in [1.82, 2.24) is 10.2 Å². The molecule has 5 heteroatoms. The van der Waals surface area contributed by atoms with Gasteiger partial charge in [0.05, 0.1) is 12.8 Å². The van der Waals surface area contributed by atoms with Crippen molar-refractivity contribution in [2.45, 2.75) is 19.3 Å². The Morgan fingerprint density at radius 1 is 1.40 bits per heavy atom. The number of para-hydroxylation sites is 1. The van der Waals surface area contributed by atoms with Crippen molar-refractivity contribution in [3.63, 3.8) is 0 Å². The number of amides is 1. The van der Waals surface area contributed by atoms with E-state index in [0.29, 0.717) is 5.82 Å². The molecule has 20 heavy (non-hydrogen) atoms. The van der Waals surface area contributed by atoms with Crippen LogP contribution in [0.1, 0.15) is 19.3 Å². The van der Waals surface area contributed by atoms with E-state index in [4.69, 9.17) is 4.74 Å². The molecule has 1 aromatic heterocycles. The van der Waals surface area contributed by atoms with Gasteiger partial charge >= 0.3 is 0 Å². The second kappa shape index (κ2) is 5.36. The zero-order chi connectivity index (χ0) is 13.9. The number of H-pyrrole nitrogens is 1. The second-order valence-electron chi connectivity index (χ2n) is 4.98. The quantitative estimate of drug-likeness (QED) is 0.898. The van der Waals surface area contributed by atoms with E-state index in [1.54, 1.807) is 7.11 Å². The number of anilines is 1. The number of ether oxygens (including phenoxy) is 1. The molecule has 0 saturated heterocycles. The van der Waals surface area contributed by atoms with Gasteiger partial charge < -0.3 is 10.1 Å². The average molecular weight is 271 g/mol. The zero-order valence-corrected chi connectivity index (χ0v) is 11.3. The Bertz CT molecular complexity index is 617. The molecule has 1 amide bonds. The number of carbonyl (C=O) groups is 1. The lowest BCUT2D eigenvalue weighted by molar-refractivity contribution is -0.122. The number of nitrogens with zero attached hydrogens (tertiary/aromatic N) is 1. The molecule has 0 atom stereocenters. The van der Waals surface area contributed by atoms with Crippen molar-refractivity contribution in [3.05, 3.63) is 30.3 Å². The molecule has 0 aliphatic heterocycles. The summed E-state index contributed by atoms with van der Waals surface area (Å²) in [5, 5.41) is 9.92. The van der Waals surface area contributed by atoms with Crippen molar-refractivity contribution in [3.8, 4) is 17.0 Å². The van der Waals surface area contributed by atoms with Gasteiger partial charge in [-0.2, -0.15) is 5.10 Å². The van der Waals surface area contributed by atoms with Gasteiger partial charge in [0, 0.05) is 17.5 Å². The normalized spacial score (nSPS) is 14.7. The van der Waals surface area contributed by atoms with E-state index in [2.05, 4.69) is 15.5 Å². The van der Waals surface area contributed by atoms with Crippen LogP contribution in [0.2, 0.25) is 0 Å². The topological polar surface area (TPSA) is 67.0 Å². The molecule has 2 aromatic rings. The van der Waals surface area contributed by atoms with Crippen LogP contribution in [0.15, 0.2) is 30.3 Å². The molecule has 2 N–H and O–H groups in total. The average Bonchev–Trinajstić information content (AvgIpc) is 2.84. The third kappa shape index (κ3) is 2.39. The number of nitrogens with one attached hydrogen (secondary N) is 2. The molecule has 1 saturated carbocycles. The maximum absolute atomic E-state index is 11.9. The molecule has 0 spiro atoms. The summed E-state index contributed by atoms with van der Waals surface area (Å²) in [5.41, 5.74) is 1.75. The molecule has 1 aliphatic carbocycles. The predicted molar refractivity (Wildman–Crippen MR) is 76.5 cm³/mol. The first-order chi connectivity index (χ1) is 9.78. The number of hydrogen-bond acceptors (Lipinski definition) is 3. The lowest BCUT2D eigenvalue weighted by Crippen LogP contribution is -2.28. The highest BCUT2D eigenvalue weighted by Gasteiger charge is 2.25. The fraction of sp³-hybridized carbons (Fsp3) is 0.333. The van der Waals surface area contributed by atoms with Crippen molar-refractivity contribution in [2.75, 3.05) is 12.4 Å². The molecule has 1 fully saturated rings. The summed E-state index contributed by atoms with van der Waals surface area (Å²) in [4.78, 5) is 11.9. The third-order valence-corrected chi connectivity index (χ3v) is 3.70. The molecule has 3 rings (SSSR count). The number of hydrogen-bond donors (Lipinski definition) is 2. The van der Waals surface area contributed by atoms with Crippen LogP contribution >= 0.6 is 0 Å². The Kier molecular flexibility index (Phi) is 3.41. The number of carbonyl (C=O) groups excluding carboxylic acids is 1. The van der Waals surface area contributed by atoms with Gasteiger partial charge in [-0.1, -0.05) is 18.6 Å². The Hall–Kier alpha value is -2.30.